The second-order valence-electron chi connectivity index (χ2n) is 8.41. The zero-order valence-electron chi connectivity index (χ0n) is 19.4. The van der Waals surface area contributed by atoms with Gasteiger partial charge in [-0.05, 0) is 50.1 Å². The molecule has 0 bridgehead atoms. The Labute approximate surface area is 196 Å². The fourth-order valence-corrected chi connectivity index (χ4v) is 4.50. The second kappa shape index (κ2) is 8.70. The molecule has 174 valence electrons. The van der Waals surface area contributed by atoms with E-state index in [4.69, 9.17) is 14.6 Å². The quantitative estimate of drug-likeness (QED) is 0.493. The molecule has 3 heterocycles. The number of aryl methyl sites for hydroxylation is 3. The predicted octanol–water partition coefficient (Wildman–Crippen LogP) is 3.68. The van der Waals surface area contributed by atoms with Crippen molar-refractivity contribution >= 4 is 22.6 Å². The minimum absolute atomic E-state index is 0.116. The van der Waals surface area contributed by atoms with Gasteiger partial charge in [0.1, 0.15) is 18.9 Å². The average Bonchev–Trinajstić information content (AvgIpc) is 3.20. The van der Waals surface area contributed by atoms with Crippen LogP contribution >= 0.6 is 0 Å². The summed E-state index contributed by atoms with van der Waals surface area (Å²) < 4.78 is 14.5. The Balaban J connectivity index is 1.41. The number of hydrogen-bond acceptors (Lipinski definition) is 5. The van der Waals surface area contributed by atoms with Crippen LogP contribution < -0.4 is 20.3 Å². The number of hydrogen-bond donors (Lipinski definition) is 1. The number of nitrogens with zero attached hydrogens (tertiary/aromatic N) is 3. The molecule has 1 amide bonds. The van der Waals surface area contributed by atoms with Crippen LogP contribution in [0.25, 0.3) is 16.7 Å². The number of ether oxygens (including phenoxy) is 2. The van der Waals surface area contributed by atoms with Gasteiger partial charge in [-0.3, -0.25) is 14.2 Å². The molecule has 0 unspecified atom stereocenters. The van der Waals surface area contributed by atoms with E-state index in [1.54, 1.807) is 34.5 Å². The Morgan fingerprint density at radius 1 is 1.06 bits per heavy atom. The van der Waals surface area contributed by atoms with Gasteiger partial charge in [-0.1, -0.05) is 18.2 Å². The summed E-state index contributed by atoms with van der Waals surface area (Å²) in [7, 11) is 1.75. The number of carbonyl (C=O) groups excluding carboxylic acids is 1. The number of fused-ring (bicyclic) bond motifs is 2. The van der Waals surface area contributed by atoms with Crippen molar-refractivity contribution in [3.05, 3.63) is 75.7 Å². The third-order valence-corrected chi connectivity index (χ3v) is 6.17. The fourth-order valence-electron chi connectivity index (χ4n) is 4.50. The van der Waals surface area contributed by atoms with E-state index >= 15 is 0 Å². The van der Waals surface area contributed by atoms with Gasteiger partial charge in [-0.15, -0.1) is 0 Å². The second-order valence-corrected chi connectivity index (χ2v) is 8.41. The summed E-state index contributed by atoms with van der Waals surface area (Å²) in [6.45, 7) is 4.87. The summed E-state index contributed by atoms with van der Waals surface area (Å²) in [5.74, 6) is 1.11. The van der Waals surface area contributed by atoms with Crippen LogP contribution in [-0.2, 0) is 18.3 Å². The summed E-state index contributed by atoms with van der Waals surface area (Å²) in [4.78, 5) is 26.0. The Morgan fingerprint density at radius 2 is 1.79 bits per heavy atom. The molecule has 0 aliphatic carbocycles. The molecule has 0 saturated heterocycles. The fraction of sp³-hybridized carbons (Fsp3) is 0.269. The van der Waals surface area contributed by atoms with E-state index in [2.05, 4.69) is 5.32 Å². The van der Waals surface area contributed by atoms with Crippen LogP contribution in [0.1, 0.15) is 23.2 Å². The lowest BCUT2D eigenvalue weighted by atomic mass is 10.0. The lowest BCUT2D eigenvalue weighted by molar-refractivity contribution is -0.116. The Bertz CT molecular complexity index is 1450. The van der Waals surface area contributed by atoms with E-state index in [0.717, 1.165) is 28.0 Å². The normalized spacial score (nSPS) is 12.7. The standard InChI is InChI=1S/C26H26N4O4/c1-16-20(10-12-23(31)27-18-9-11-21-22(15-18)34-14-13-33-21)26(32)29(3)25-24(16)17(2)28-30(25)19-7-5-4-6-8-19/h4-9,11,15H,10,12-14H2,1-3H3,(H,27,31). The number of pyridine rings is 1. The molecule has 1 N–H and O–H groups in total. The monoisotopic (exact) mass is 458 g/mol. The molecule has 0 atom stereocenters. The number of rotatable bonds is 5. The summed E-state index contributed by atoms with van der Waals surface area (Å²) >= 11 is 0. The van der Waals surface area contributed by atoms with Crippen molar-refractivity contribution in [2.24, 2.45) is 7.05 Å². The SMILES string of the molecule is Cc1nn(-c2ccccc2)c2c1c(C)c(CCC(=O)Nc1ccc3c(c1)OCCO3)c(=O)n2C. The first kappa shape index (κ1) is 21.8. The van der Waals surface area contributed by atoms with E-state index < -0.39 is 0 Å². The highest BCUT2D eigenvalue weighted by atomic mass is 16.6. The number of aromatic nitrogens is 3. The van der Waals surface area contributed by atoms with Crippen LogP contribution in [-0.4, -0.2) is 33.5 Å². The molecule has 8 heteroatoms. The molecule has 34 heavy (non-hydrogen) atoms. The van der Waals surface area contributed by atoms with Crippen LogP contribution in [0.5, 0.6) is 11.5 Å². The number of benzene rings is 2. The first-order chi connectivity index (χ1) is 16.4. The number of carbonyl (C=O) groups is 1. The molecule has 8 nitrogen and oxygen atoms in total. The molecule has 2 aromatic carbocycles. The molecular weight excluding hydrogens is 432 g/mol. The number of nitrogens with one attached hydrogen (secondary N) is 1. The molecular formula is C26H26N4O4. The molecule has 4 aromatic rings. The third-order valence-electron chi connectivity index (χ3n) is 6.17. The molecule has 0 saturated carbocycles. The van der Waals surface area contributed by atoms with Crippen molar-refractivity contribution in [1.82, 2.24) is 14.3 Å². The van der Waals surface area contributed by atoms with Gasteiger partial charge in [0.15, 0.2) is 11.5 Å². The maximum atomic E-state index is 13.3. The van der Waals surface area contributed by atoms with Gasteiger partial charge in [0.2, 0.25) is 5.91 Å². The lowest BCUT2D eigenvalue weighted by Crippen LogP contribution is -2.25. The first-order valence-corrected chi connectivity index (χ1v) is 11.3. The third kappa shape index (κ3) is 3.81. The molecule has 0 radical (unpaired) electrons. The number of amides is 1. The first-order valence-electron chi connectivity index (χ1n) is 11.3. The van der Waals surface area contributed by atoms with E-state index in [1.807, 2.05) is 44.2 Å². The summed E-state index contributed by atoms with van der Waals surface area (Å²) in [5.41, 5.74) is 4.49. The van der Waals surface area contributed by atoms with Crippen molar-refractivity contribution in [2.45, 2.75) is 26.7 Å². The topological polar surface area (TPSA) is 87.4 Å². The molecule has 5 rings (SSSR count). The van der Waals surface area contributed by atoms with Crippen LogP contribution in [0.4, 0.5) is 5.69 Å². The van der Waals surface area contributed by atoms with Crippen LogP contribution in [0.3, 0.4) is 0 Å². The van der Waals surface area contributed by atoms with Gasteiger partial charge in [-0.2, -0.15) is 5.10 Å². The summed E-state index contributed by atoms with van der Waals surface area (Å²) in [6, 6.07) is 15.1. The van der Waals surface area contributed by atoms with E-state index in [9.17, 15) is 9.59 Å². The van der Waals surface area contributed by atoms with Gasteiger partial charge in [0.05, 0.1) is 11.4 Å². The van der Waals surface area contributed by atoms with Crippen LogP contribution in [0.2, 0.25) is 0 Å². The van der Waals surface area contributed by atoms with Gasteiger partial charge < -0.3 is 14.8 Å². The van der Waals surface area contributed by atoms with E-state index in [0.29, 0.717) is 42.4 Å². The minimum Gasteiger partial charge on any atom is -0.486 e. The van der Waals surface area contributed by atoms with Crippen molar-refractivity contribution in [3.8, 4) is 17.2 Å². The molecule has 2 aromatic heterocycles. The van der Waals surface area contributed by atoms with Gasteiger partial charge in [0, 0.05) is 36.2 Å². The van der Waals surface area contributed by atoms with Crippen LogP contribution in [0, 0.1) is 13.8 Å². The highest BCUT2D eigenvalue weighted by Crippen LogP contribution is 2.32. The molecule has 1 aliphatic rings. The van der Waals surface area contributed by atoms with Crippen molar-refractivity contribution in [2.75, 3.05) is 18.5 Å². The zero-order valence-corrected chi connectivity index (χ0v) is 19.4. The van der Waals surface area contributed by atoms with Crippen molar-refractivity contribution in [3.63, 3.8) is 0 Å². The highest BCUT2D eigenvalue weighted by Gasteiger charge is 2.20. The maximum absolute atomic E-state index is 13.3. The van der Waals surface area contributed by atoms with Gasteiger partial charge in [0.25, 0.3) is 5.56 Å². The maximum Gasteiger partial charge on any atom is 0.255 e. The Kier molecular flexibility index (Phi) is 5.57. The predicted molar refractivity (Wildman–Crippen MR) is 130 cm³/mol. The van der Waals surface area contributed by atoms with Crippen LogP contribution in [0.15, 0.2) is 53.3 Å². The van der Waals surface area contributed by atoms with Crippen molar-refractivity contribution in [1.29, 1.82) is 0 Å². The average molecular weight is 459 g/mol. The summed E-state index contributed by atoms with van der Waals surface area (Å²) in [6.07, 6.45) is 0.517. The molecule has 0 spiro atoms. The lowest BCUT2D eigenvalue weighted by Gasteiger charge is -2.19. The van der Waals surface area contributed by atoms with E-state index in [-0.39, 0.29) is 17.9 Å². The van der Waals surface area contributed by atoms with Gasteiger partial charge in [-0.25, -0.2) is 4.68 Å². The Morgan fingerprint density at radius 3 is 2.56 bits per heavy atom. The largest absolute Gasteiger partial charge is 0.486 e. The minimum atomic E-state index is -0.171. The zero-order chi connectivity index (χ0) is 23.8. The highest BCUT2D eigenvalue weighted by molar-refractivity contribution is 5.91. The molecule has 1 aliphatic heterocycles. The van der Waals surface area contributed by atoms with Crippen molar-refractivity contribution < 1.29 is 14.3 Å². The van der Waals surface area contributed by atoms with E-state index in [1.165, 1.54) is 0 Å². The summed E-state index contributed by atoms with van der Waals surface area (Å²) in [5, 5.41) is 8.53. The number of anilines is 1. The molecule has 0 fully saturated rings. The smallest absolute Gasteiger partial charge is 0.255 e. The Hall–Kier alpha value is -4.07. The number of para-hydroxylation sites is 1. The van der Waals surface area contributed by atoms with Gasteiger partial charge >= 0.3 is 0 Å².